The molecule has 2 aromatic heterocycles. The van der Waals surface area contributed by atoms with Crippen LogP contribution in [0.4, 0.5) is 10.1 Å². The zero-order chi connectivity index (χ0) is 25.4. The Bertz CT molecular complexity index is 1450. The van der Waals surface area contributed by atoms with Gasteiger partial charge in [-0.1, -0.05) is 25.0 Å². The van der Waals surface area contributed by atoms with E-state index in [2.05, 4.69) is 30.3 Å². The third kappa shape index (κ3) is 4.46. The molecule has 6 rings (SSSR count). The van der Waals surface area contributed by atoms with E-state index in [-0.39, 0.29) is 17.4 Å². The quantitative estimate of drug-likeness (QED) is 0.429. The predicted octanol–water partition coefficient (Wildman–Crippen LogP) is 3.69. The van der Waals surface area contributed by atoms with Crippen molar-refractivity contribution in [3.05, 3.63) is 76.1 Å². The third-order valence-corrected chi connectivity index (χ3v) is 7.68. The van der Waals surface area contributed by atoms with E-state index in [9.17, 15) is 9.18 Å². The van der Waals surface area contributed by atoms with E-state index < -0.39 is 6.04 Å². The summed E-state index contributed by atoms with van der Waals surface area (Å²) in [5.74, 6) is 1.14. The van der Waals surface area contributed by atoms with Gasteiger partial charge in [0, 0.05) is 37.8 Å². The highest BCUT2D eigenvalue weighted by Gasteiger charge is 2.35. The van der Waals surface area contributed by atoms with Crippen LogP contribution >= 0.6 is 0 Å². The number of benzene rings is 2. The molecule has 0 radical (unpaired) electrons. The monoisotopic (exact) mass is 503 g/mol. The smallest absolute Gasteiger partial charge is 0.253 e. The molecule has 9 nitrogen and oxygen atoms in total. The Morgan fingerprint density at radius 3 is 2.59 bits per heavy atom. The van der Waals surface area contributed by atoms with Gasteiger partial charge in [0.05, 0.1) is 24.4 Å². The molecule has 0 bridgehead atoms. The highest BCUT2D eigenvalue weighted by molar-refractivity contribution is 5.80. The molecule has 2 aromatic carbocycles. The number of nitrogens with one attached hydrogen (secondary N) is 1. The van der Waals surface area contributed by atoms with Crippen LogP contribution in [-0.2, 0) is 0 Å². The summed E-state index contributed by atoms with van der Waals surface area (Å²) in [6.45, 7) is 2.53. The summed E-state index contributed by atoms with van der Waals surface area (Å²) in [6.07, 6.45) is 4.35. The number of para-hydroxylation sites is 1. The molecule has 1 saturated carbocycles. The van der Waals surface area contributed by atoms with Crippen molar-refractivity contribution >= 4 is 16.6 Å². The van der Waals surface area contributed by atoms with Gasteiger partial charge in [0.25, 0.3) is 5.56 Å². The maximum Gasteiger partial charge on any atom is 0.253 e. The summed E-state index contributed by atoms with van der Waals surface area (Å²) in [6, 6.07) is 14.3. The second-order valence-electron chi connectivity index (χ2n) is 9.80. The SMILES string of the molecule is COc1ccc2cc(C(c3nnnn3C3CCCC3)N3CCN(c4ccccc4F)CC3)c(=O)[nH]c2c1. The average molecular weight is 504 g/mol. The third-order valence-electron chi connectivity index (χ3n) is 7.68. The molecule has 10 heteroatoms. The van der Waals surface area contributed by atoms with Gasteiger partial charge in [-0.3, -0.25) is 9.69 Å². The molecule has 1 aliphatic heterocycles. The minimum Gasteiger partial charge on any atom is -0.497 e. The lowest BCUT2D eigenvalue weighted by Crippen LogP contribution is -2.49. The number of hydrogen-bond acceptors (Lipinski definition) is 7. The van der Waals surface area contributed by atoms with Gasteiger partial charge in [0.15, 0.2) is 5.82 Å². The molecule has 1 aliphatic carbocycles. The number of H-pyrrole nitrogens is 1. The Morgan fingerprint density at radius 1 is 1.05 bits per heavy atom. The van der Waals surface area contributed by atoms with E-state index in [1.54, 1.807) is 13.2 Å². The van der Waals surface area contributed by atoms with Crippen LogP contribution in [-0.4, -0.2) is 63.4 Å². The fourth-order valence-corrected chi connectivity index (χ4v) is 5.74. The topological polar surface area (TPSA) is 92.2 Å². The molecule has 4 aromatic rings. The number of pyridine rings is 1. The zero-order valence-corrected chi connectivity index (χ0v) is 20.8. The number of methoxy groups -OCH3 is 1. The Kier molecular flexibility index (Phi) is 6.33. The first-order valence-electron chi connectivity index (χ1n) is 12.8. The molecule has 1 N–H and O–H groups in total. The van der Waals surface area contributed by atoms with Gasteiger partial charge in [0.1, 0.15) is 17.6 Å². The van der Waals surface area contributed by atoms with Crippen LogP contribution in [0.2, 0.25) is 0 Å². The maximum absolute atomic E-state index is 14.5. The van der Waals surface area contributed by atoms with Crippen LogP contribution in [0.25, 0.3) is 10.9 Å². The number of anilines is 1. The Labute approximate surface area is 213 Å². The van der Waals surface area contributed by atoms with E-state index in [1.807, 2.05) is 41.1 Å². The van der Waals surface area contributed by atoms with Crippen LogP contribution in [0.3, 0.4) is 0 Å². The zero-order valence-electron chi connectivity index (χ0n) is 20.8. The van der Waals surface area contributed by atoms with Gasteiger partial charge in [-0.15, -0.1) is 5.10 Å². The van der Waals surface area contributed by atoms with E-state index in [0.29, 0.717) is 54.5 Å². The number of ether oxygens (including phenoxy) is 1. The van der Waals surface area contributed by atoms with E-state index >= 15 is 0 Å². The Hall–Kier alpha value is -3.79. The number of tetrazole rings is 1. The number of halogens is 1. The summed E-state index contributed by atoms with van der Waals surface area (Å²) in [7, 11) is 1.60. The first-order chi connectivity index (χ1) is 18.1. The van der Waals surface area contributed by atoms with Crippen molar-refractivity contribution in [1.29, 1.82) is 0 Å². The van der Waals surface area contributed by atoms with Gasteiger partial charge < -0.3 is 14.6 Å². The summed E-state index contributed by atoms with van der Waals surface area (Å²) in [5, 5.41) is 13.8. The minimum atomic E-state index is -0.423. The van der Waals surface area contributed by atoms with Crippen molar-refractivity contribution in [2.24, 2.45) is 0 Å². The number of aromatic nitrogens is 5. The summed E-state index contributed by atoms with van der Waals surface area (Å²) < 4.78 is 21.7. The highest BCUT2D eigenvalue weighted by Crippen LogP contribution is 2.35. The minimum absolute atomic E-state index is 0.178. The average Bonchev–Trinajstić information content (AvgIpc) is 3.62. The predicted molar refractivity (Wildman–Crippen MR) is 138 cm³/mol. The van der Waals surface area contributed by atoms with Gasteiger partial charge in [-0.05, 0) is 59.0 Å². The fourth-order valence-electron chi connectivity index (χ4n) is 5.74. The maximum atomic E-state index is 14.5. The first kappa shape index (κ1) is 23.6. The molecule has 0 amide bonds. The number of nitrogens with zero attached hydrogens (tertiary/aromatic N) is 6. The first-order valence-corrected chi connectivity index (χ1v) is 12.8. The van der Waals surface area contributed by atoms with E-state index in [4.69, 9.17) is 4.74 Å². The van der Waals surface area contributed by atoms with Crippen molar-refractivity contribution < 1.29 is 9.13 Å². The largest absolute Gasteiger partial charge is 0.497 e. The summed E-state index contributed by atoms with van der Waals surface area (Å²) in [5.41, 5.74) is 1.74. The van der Waals surface area contributed by atoms with E-state index in [0.717, 1.165) is 31.1 Å². The van der Waals surface area contributed by atoms with Crippen LogP contribution in [0, 0.1) is 5.82 Å². The van der Waals surface area contributed by atoms with Crippen molar-refractivity contribution in [3.8, 4) is 5.75 Å². The van der Waals surface area contributed by atoms with Crippen molar-refractivity contribution in [3.63, 3.8) is 0 Å². The lowest BCUT2D eigenvalue weighted by Gasteiger charge is -2.39. The summed E-state index contributed by atoms with van der Waals surface area (Å²) >= 11 is 0. The van der Waals surface area contributed by atoms with Crippen LogP contribution in [0.15, 0.2) is 53.3 Å². The number of rotatable bonds is 6. The van der Waals surface area contributed by atoms with Crippen LogP contribution < -0.4 is 15.2 Å². The van der Waals surface area contributed by atoms with Crippen molar-refractivity contribution in [2.75, 3.05) is 38.2 Å². The van der Waals surface area contributed by atoms with Gasteiger partial charge in [0.2, 0.25) is 0 Å². The lowest BCUT2D eigenvalue weighted by atomic mass is 10.0. The van der Waals surface area contributed by atoms with Crippen LogP contribution in [0.5, 0.6) is 5.75 Å². The molecule has 1 unspecified atom stereocenters. The van der Waals surface area contributed by atoms with Crippen molar-refractivity contribution in [1.82, 2.24) is 30.1 Å². The molecule has 2 aliphatic rings. The highest BCUT2D eigenvalue weighted by atomic mass is 19.1. The molecule has 192 valence electrons. The van der Waals surface area contributed by atoms with E-state index in [1.165, 1.54) is 6.07 Å². The molecule has 1 atom stereocenters. The molecule has 1 saturated heterocycles. The molecular formula is C27H30FN7O2. The van der Waals surface area contributed by atoms with Gasteiger partial charge in [-0.25, -0.2) is 9.07 Å². The Balaban J connectivity index is 1.39. The number of hydrogen-bond donors (Lipinski definition) is 1. The lowest BCUT2D eigenvalue weighted by molar-refractivity contribution is 0.196. The number of piperazine rings is 1. The molecule has 37 heavy (non-hydrogen) atoms. The standard InChI is InChI=1S/C27H30FN7O2/c1-37-20-11-10-18-16-21(27(36)29-23(18)17-20)25(26-30-31-32-35(26)19-6-2-3-7-19)34-14-12-33(13-15-34)24-9-5-4-8-22(24)28/h4-5,8-11,16-17,19,25H,2-3,6-7,12-15H2,1H3,(H,29,36). The van der Waals surface area contributed by atoms with Crippen molar-refractivity contribution in [2.45, 2.75) is 37.8 Å². The normalized spacial score (nSPS) is 17.9. The van der Waals surface area contributed by atoms with Crippen LogP contribution in [0.1, 0.15) is 49.2 Å². The second kappa shape index (κ2) is 9.93. The molecule has 3 heterocycles. The van der Waals surface area contributed by atoms with Gasteiger partial charge >= 0.3 is 0 Å². The fraction of sp³-hybridized carbons (Fsp3) is 0.407. The second-order valence-corrected chi connectivity index (χ2v) is 9.80. The molecule has 2 fully saturated rings. The number of fused-ring (bicyclic) bond motifs is 1. The number of aromatic amines is 1. The molecule has 0 spiro atoms. The van der Waals surface area contributed by atoms with Gasteiger partial charge in [-0.2, -0.15) is 0 Å². The summed E-state index contributed by atoms with van der Waals surface area (Å²) in [4.78, 5) is 20.9. The Morgan fingerprint density at radius 2 is 1.84 bits per heavy atom. The molecular weight excluding hydrogens is 473 g/mol.